The van der Waals surface area contributed by atoms with Gasteiger partial charge in [0.1, 0.15) is 0 Å². The molecule has 0 aromatic carbocycles. The minimum Gasteiger partial charge on any atom is -1.00 e. The van der Waals surface area contributed by atoms with Gasteiger partial charge < -0.3 is 6.53 Å². The number of hydrogen-bond donors (Lipinski definition) is 2. The van der Waals surface area contributed by atoms with Gasteiger partial charge in [0.15, 0.2) is 0 Å². The van der Waals surface area contributed by atoms with Gasteiger partial charge in [-0.1, -0.05) is 64.7 Å². The maximum absolute atomic E-state index is 10.5. The average Bonchev–Trinajstić information content (AvgIpc) is 2.41. The monoisotopic (exact) mass is 346 g/mol. The molecular weight excluding hydrogens is 311 g/mol. The standard InChI is InChI=1S/C16H34O4S.Na.H/c1-2-3-4-5-6-7-8-9-10-13-16(17)14-11-12-15-21(18,19)20;;/h16-17H,2-15H2,1H3,(H,18,19,20);;/q;+1;-1. The van der Waals surface area contributed by atoms with Crippen molar-refractivity contribution in [2.24, 2.45) is 0 Å². The van der Waals surface area contributed by atoms with Crippen LogP contribution in [0.3, 0.4) is 0 Å². The Balaban J connectivity index is -0.00000200. The minimum atomic E-state index is -3.84. The molecule has 6 heteroatoms. The van der Waals surface area contributed by atoms with Crippen molar-refractivity contribution in [1.29, 1.82) is 0 Å². The fraction of sp³-hybridized carbons (Fsp3) is 1.00. The molecule has 0 saturated heterocycles. The van der Waals surface area contributed by atoms with Crippen LogP contribution in [0, 0.1) is 0 Å². The first kappa shape index (κ1) is 25.1. The van der Waals surface area contributed by atoms with Gasteiger partial charge in [-0.25, -0.2) is 0 Å². The van der Waals surface area contributed by atoms with Crippen molar-refractivity contribution < 1.29 is 49.1 Å². The van der Waals surface area contributed by atoms with Gasteiger partial charge in [0.25, 0.3) is 10.1 Å². The summed E-state index contributed by atoms with van der Waals surface area (Å²) in [6.45, 7) is 2.23. The smallest absolute Gasteiger partial charge is 1.00 e. The van der Waals surface area contributed by atoms with E-state index < -0.39 is 10.1 Å². The summed E-state index contributed by atoms with van der Waals surface area (Å²) in [5.74, 6) is -0.197. The fourth-order valence-electron chi connectivity index (χ4n) is 2.50. The van der Waals surface area contributed by atoms with Gasteiger partial charge in [-0.05, 0) is 25.7 Å². The molecule has 4 nitrogen and oxygen atoms in total. The Kier molecular flexibility index (Phi) is 19.1. The molecule has 22 heavy (non-hydrogen) atoms. The molecule has 0 aliphatic carbocycles. The summed E-state index contributed by atoms with van der Waals surface area (Å²) >= 11 is 0. The van der Waals surface area contributed by atoms with Crippen molar-refractivity contribution in [3.63, 3.8) is 0 Å². The predicted octanol–water partition coefficient (Wildman–Crippen LogP) is 1.44. The van der Waals surface area contributed by atoms with Crippen LogP contribution in [0.5, 0.6) is 0 Å². The van der Waals surface area contributed by atoms with Crippen molar-refractivity contribution in [3.8, 4) is 0 Å². The molecule has 130 valence electrons. The molecule has 0 aromatic rings. The number of hydrogen-bond acceptors (Lipinski definition) is 3. The van der Waals surface area contributed by atoms with Crippen LogP contribution in [-0.2, 0) is 10.1 Å². The van der Waals surface area contributed by atoms with Crippen LogP contribution in [0.25, 0.3) is 0 Å². The van der Waals surface area contributed by atoms with Crippen LogP contribution in [-0.4, -0.2) is 29.9 Å². The van der Waals surface area contributed by atoms with Crippen molar-refractivity contribution >= 4 is 10.1 Å². The fourth-order valence-corrected chi connectivity index (χ4v) is 3.07. The summed E-state index contributed by atoms with van der Waals surface area (Å²) in [5.41, 5.74) is 0. The van der Waals surface area contributed by atoms with Crippen molar-refractivity contribution in [2.45, 2.75) is 96.5 Å². The second-order valence-electron chi connectivity index (χ2n) is 6.05. The molecule has 0 spiro atoms. The summed E-state index contributed by atoms with van der Waals surface area (Å²) < 4.78 is 29.6. The molecule has 2 N–H and O–H groups in total. The average molecular weight is 347 g/mol. The zero-order chi connectivity index (χ0) is 16.0. The summed E-state index contributed by atoms with van der Waals surface area (Å²) in [7, 11) is -3.84. The molecule has 1 atom stereocenters. The van der Waals surface area contributed by atoms with E-state index in [1.54, 1.807) is 0 Å². The molecule has 0 radical (unpaired) electrons. The van der Waals surface area contributed by atoms with Crippen molar-refractivity contribution in [1.82, 2.24) is 0 Å². The van der Waals surface area contributed by atoms with Crippen LogP contribution in [0.4, 0.5) is 0 Å². The van der Waals surface area contributed by atoms with E-state index in [4.69, 9.17) is 4.55 Å². The summed E-state index contributed by atoms with van der Waals surface area (Å²) in [6.07, 6.45) is 13.7. The number of rotatable bonds is 15. The Hall–Kier alpha value is 0.870. The Morgan fingerprint density at radius 1 is 0.818 bits per heavy atom. The molecule has 0 fully saturated rings. The van der Waals surface area contributed by atoms with Crippen LogP contribution in [0.1, 0.15) is 91.8 Å². The third kappa shape index (κ3) is 20.9. The molecule has 0 aliphatic heterocycles. The first-order valence-electron chi connectivity index (χ1n) is 8.59. The maximum Gasteiger partial charge on any atom is 1.00 e. The number of aliphatic hydroxyl groups excluding tert-OH is 1. The van der Waals surface area contributed by atoms with E-state index in [9.17, 15) is 13.5 Å². The minimum absolute atomic E-state index is 0. The van der Waals surface area contributed by atoms with Crippen LogP contribution >= 0.6 is 0 Å². The summed E-state index contributed by atoms with van der Waals surface area (Å²) in [5, 5.41) is 9.77. The van der Waals surface area contributed by atoms with Gasteiger partial charge in [-0.15, -0.1) is 0 Å². The van der Waals surface area contributed by atoms with E-state index in [0.717, 1.165) is 12.8 Å². The van der Waals surface area contributed by atoms with Gasteiger partial charge in [-0.2, -0.15) is 8.42 Å². The van der Waals surface area contributed by atoms with E-state index in [1.165, 1.54) is 51.4 Å². The second-order valence-corrected chi connectivity index (χ2v) is 7.62. The maximum atomic E-state index is 10.5. The third-order valence-electron chi connectivity index (χ3n) is 3.83. The van der Waals surface area contributed by atoms with E-state index in [-0.39, 0.29) is 42.8 Å². The van der Waals surface area contributed by atoms with Gasteiger partial charge >= 0.3 is 29.6 Å². The Morgan fingerprint density at radius 2 is 1.23 bits per heavy atom. The van der Waals surface area contributed by atoms with E-state index in [0.29, 0.717) is 19.3 Å². The first-order valence-corrected chi connectivity index (χ1v) is 10.2. The predicted molar refractivity (Wildman–Crippen MR) is 89.2 cm³/mol. The number of aliphatic hydroxyl groups is 1. The molecule has 0 saturated carbocycles. The SMILES string of the molecule is CCCCCCCCCCCC(O)CCCCS(=O)(=O)O.[H-].[Na+]. The zero-order valence-electron chi connectivity index (χ0n) is 15.6. The molecule has 0 amide bonds. The molecule has 0 aromatic heterocycles. The first-order chi connectivity index (χ1) is 9.95. The van der Waals surface area contributed by atoms with Gasteiger partial charge in [0.05, 0.1) is 11.9 Å². The Morgan fingerprint density at radius 3 is 1.68 bits per heavy atom. The van der Waals surface area contributed by atoms with E-state index in [1.807, 2.05) is 0 Å². The van der Waals surface area contributed by atoms with Crippen LogP contribution in [0.15, 0.2) is 0 Å². The quantitative estimate of drug-likeness (QED) is 0.267. The van der Waals surface area contributed by atoms with Crippen LogP contribution in [0.2, 0.25) is 0 Å². The summed E-state index contributed by atoms with van der Waals surface area (Å²) in [6, 6.07) is 0. The van der Waals surface area contributed by atoms with E-state index in [2.05, 4.69) is 6.92 Å². The third-order valence-corrected chi connectivity index (χ3v) is 4.64. The molecular formula is C16H35NaO4S. The van der Waals surface area contributed by atoms with Crippen LogP contribution < -0.4 is 29.6 Å². The molecule has 0 bridgehead atoms. The normalized spacial score (nSPS) is 12.9. The zero-order valence-corrected chi connectivity index (χ0v) is 17.4. The van der Waals surface area contributed by atoms with E-state index >= 15 is 0 Å². The van der Waals surface area contributed by atoms with Gasteiger partial charge in [-0.3, -0.25) is 4.55 Å². The Bertz CT molecular complexity index is 326. The second kappa shape index (κ2) is 16.7. The molecule has 1 unspecified atom stereocenters. The largest absolute Gasteiger partial charge is 1.00 e. The summed E-state index contributed by atoms with van der Waals surface area (Å²) in [4.78, 5) is 0. The van der Waals surface area contributed by atoms with Crippen molar-refractivity contribution in [2.75, 3.05) is 5.75 Å². The molecule has 0 aliphatic rings. The Labute approximate surface area is 161 Å². The number of unbranched alkanes of at least 4 members (excludes halogenated alkanes) is 9. The van der Waals surface area contributed by atoms with Gasteiger partial charge in [0, 0.05) is 0 Å². The topological polar surface area (TPSA) is 74.6 Å². The molecule has 0 rings (SSSR count). The van der Waals surface area contributed by atoms with Gasteiger partial charge in [0.2, 0.25) is 0 Å². The van der Waals surface area contributed by atoms with Crippen molar-refractivity contribution in [3.05, 3.63) is 0 Å². The molecule has 0 heterocycles.